The molecular weight excluding hydrogens is 439 g/mol. The molecule has 1 aromatic rings. The zero-order valence-electron chi connectivity index (χ0n) is 16.0. The van der Waals surface area contributed by atoms with Gasteiger partial charge in [0.15, 0.2) is 0 Å². The molecule has 2 aliphatic carbocycles. The van der Waals surface area contributed by atoms with Crippen molar-refractivity contribution in [2.75, 3.05) is 0 Å². The van der Waals surface area contributed by atoms with E-state index in [1.165, 1.54) is 19.3 Å². The molecule has 0 spiro atoms. The van der Waals surface area contributed by atoms with Crippen LogP contribution in [-0.2, 0) is 14.3 Å². The standard InChI is InChI=1S/C17H23O3S.3CH3.Sn/c1-13-6-10-17(11-7-13)21(18,19)20-16-9-8-14-4-2-3-5-15(14)12-16;;;;/h2,6-7,10-11,14-16H,3-5,8-9,12H2,1H3;3*1H3;/t14-,15-,16-;;;;/m1..../s1. The first-order valence-electron chi connectivity index (χ1n) is 9.65. The van der Waals surface area contributed by atoms with Crippen molar-refractivity contribution >= 4 is 28.5 Å². The summed E-state index contributed by atoms with van der Waals surface area (Å²) < 4.78 is 31.7. The molecule has 5 heteroatoms. The molecule has 0 heterocycles. The Morgan fingerprint density at radius 2 is 1.52 bits per heavy atom. The molecule has 3 rings (SSSR count). The third-order valence-corrected chi connectivity index (χ3v) is 16.2. The van der Waals surface area contributed by atoms with Crippen LogP contribution >= 0.6 is 0 Å². The molecular formula is C20H32O3SSn. The number of rotatable bonds is 4. The molecule has 0 aliphatic heterocycles. The van der Waals surface area contributed by atoms with Crippen molar-refractivity contribution in [3.8, 4) is 0 Å². The predicted octanol–water partition coefficient (Wildman–Crippen LogP) is 5.38. The molecule has 0 N–H and O–H groups in total. The second-order valence-corrected chi connectivity index (χ2v) is 26.6. The van der Waals surface area contributed by atoms with Gasteiger partial charge in [0.05, 0.1) is 0 Å². The fraction of sp³-hybridized carbons (Fsp3) is 0.700. The van der Waals surface area contributed by atoms with E-state index in [0.717, 1.165) is 34.7 Å². The summed E-state index contributed by atoms with van der Waals surface area (Å²) in [6, 6.07) is 6.95. The van der Waals surface area contributed by atoms with Crippen molar-refractivity contribution in [2.45, 2.75) is 75.2 Å². The van der Waals surface area contributed by atoms with E-state index in [1.54, 1.807) is 12.1 Å². The second kappa shape index (κ2) is 7.51. The Hall–Kier alpha value is -0.0713. The van der Waals surface area contributed by atoms with Crippen molar-refractivity contribution < 1.29 is 12.6 Å². The number of fused-ring (bicyclic) bond motifs is 1. The molecule has 2 saturated carbocycles. The van der Waals surface area contributed by atoms with E-state index < -0.39 is 28.5 Å². The third-order valence-electron chi connectivity index (χ3n) is 6.36. The van der Waals surface area contributed by atoms with Crippen LogP contribution < -0.4 is 0 Å². The van der Waals surface area contributed by atoms with E-state index in [1.807, 2.05) is 19.1 Å². The van der Waals surface area contributed by atoms with Gasteiger partial charge in [0.1, 0.15) is 0 Å². The summed E-state index contributed by atoms with van der Waals surface area (Å²) in [6.07, 6.45) is 6.83. The Labute approximate surface area is 157 Å². The SMILES string of the molecule is Cc1ccc(S(=O)(=O)O[C@@H]2CC[C@H]3C[C@@H]([Sn]([CH3])([CH3])[CH3])CC[C@@H]3C2)cc1. The Kier molecular flexibility index (Phi) is 5.91. The molecule has 0 unspecified atom stereocenters. The van der Waals surface area contributed by atoms with Crippen molar-refractivity contribution in [1.82, 2.24) is 0 Å². The quantitative estimate of drug-likeness (QED) is 0.438. The number of benzene rings is 1. The van der Waals surface area contributed by atoms with Crippen LogP contribution in [-0.4, -0.2) is 32.9 Å². The first-order chi connectivity index (χ1) is 11.6. The molecule has 3 nitrogen and oxygen atoms in total. The van der Waals surface area contributed by atoms with Crippen molar-refractivity contribution in [3.63, 3.8) is 0 Å². The van der Waals surface area contributed by atoms with Crippen LogP contribution in [0.3, 0.4) is 0 Å². The van der Waals surface area contributed by atoms with Crippen molar-refractivity contribution in [1.29, 1.82) is 0 Å². The number of hydrogen-bond acceptors (Lipinski definition) is 3. The van der Waals surface area contributed by atoms with Gasteiger partial charge in [0, 0.05) is 0 Å². The molecule has 4 atom stereocenters. The summed E-state index contributed by atoms with van der Waals surface area (Å²) in [4.78, 5) is 7.96. The first kappa shape index (κ1) is 19.7. The van der Waals surface area contributed by atoms with E-state index in [9.17, 15) is 8.42 Å². The predicted molar refractivity (Wildman–Crippen MR) is 105 cm³/mol. The van der Waals surface area contributed by atoms with Gasteiger partial charge in [-0.3, -0.25) is 0 Å². The van der Waals surface area contributed by atoms with Crippen LogP contribution in [0.15, 0.2) is 29.2 Å². The maximum atomic E-state index is 12.5. The van der Waals surface area contributed by atoms with Gasteiger partial charge >= 0.3 is 151 Å². The van der Waals surface area contributed by atoms with Gasteiger partial charge in [0.25, 0.3) is 0 Å². The maximum absolute atomic E-state index is 12.5. The van der Waals surface area contributed by atoms with Gasteiger partial charge in [-0.05, 0) is 6.92 Å². The zero-order chi connectivity index (χ0) is 18.2. The molecule has 2 aliphatic rings. The molecule has 1 aromatic carbocycles. The van der Waals surface area contributed by atoms with E-state index >= 15 is 0 Å². The molecule has 0 saturated heterocycles. The monoisotopic (exact) mass is 472 g/mol. The molecule has 0 amide bonds. The molecule has 140 valence electrons. The van der Waals surface area contributed by atoms with Crippen LogP contribution in [0.4, 0.5) is 0 Å². The van der Waals surface area contributed by atoms with E-state index in [2.05, 4.69) is 14.8 Å². The summed E-state index contributed by atoms with van der Waals surface area (Å²) in [7, 11) is -3.64. The Balaban J connectivity index is 1.61. The van der Waals surface area contributed by atoms with E-state index in [-0.39, 0.29) is 11.0 Å². The average Bonchev–Trinajstić information content (AvgIpc) is 2.53. The Bertz CT molecular complexity index is 691. The minimum absolute atomic E-state index is 0.137. The summed E-state index contributed by atoms with van der Waals surface area (Å²) in [6.45, 7) is 1.96. The average molecular weight is 471 g/mol. The van der Waals surface area contributed by atoms with Gasteiger partial charge in [-0.2, -0.15) is 0 Å². The van der Waals surface area contributed by atoms with Crippen LogP contribution in [0, 0.1) is 18.8 Å². The van der Waals surface area contributed by atoms with Gasteiger partial charge in [-0.15, -0.1) is 0 Å². The molecule has 25 heavy (non-hydrogen) atoms. The van der Waals surface area contributed by atoms with Crippen molar-refractivity contribution in [2.24, 2.45) is 11.8 Å². The third kappa shape index (κ3) is 4.81. The summed E-state index contributed by atoms with van der Waals surface area (Å²) in [5.74, 6) is 1.47. The topological polar surface area (TPSA) is 43.4 Å². The van der Waals surface area contributed by atoms with Gasteiger partial charge < -0.3 is 0 Å². The van der Waals surface area contributed by atoms with Crippen LogP contribution in [0.1, 0.15) is 44.1 Å². The molecule has 0 radical (unpaired) electrons. The number of aryl methyl sites for hydroxylation is 1. The molecule has 0 bridgehead atoms. The Morgan fingerprint density at radius 1 is 0.920 bits per heavy atom. The van der Waals surface area contributed by atoms with Gasteiger partial charge in [0.2, 0.25) is 0 Å². The van der Waals surface area contributed by atoms with Crippen LogP contribution in [0.2, 0.25) is 18.8 Å². The summed E-state index contributed by atoms with van der Waals surface area (Å²) in [5, 5.41) is 0. The number of hydrogen-bond donors (Lipinski definition) is 0. The summed E-state index contributed by atoms with van der Waals surface area (Å²) in [5.41, 5.74) is 1.06. The second-order valence-electron chi connectivity index (χ2n) is 9.19. The van der Waals surface area contributed by atoms with Crippen molar-refractivity contribution in [3.05, 3.63) is 29.8 Å². The van der Waals surface area contributed by atoms with Gasteiger partial charge in [-0.25, -0.2) is 0 Å². The van der Waals surface area contributed by atoms with E-state index in [4.69, 9.17) is 4.18 Å². The normalized spacial score (nSPS) is 30.7. The Morgan fingerprint density at radius 3 is 2.16 bits per heavy atom. The summed E-state index contributed by atoms with van der Waals surface area (Å²) >= 11 is -1.80. The molecule has 0 aromatic heterocycles. The first-order valence-corrected chi connectivity index (χ1v) is 21.3. The fourth-order valence-corrected chi connectivity index (χ4v) is 11.6. The molecule has 2 fully saturated rings. The van der Waals surface area contributed by atoms with Crippen LogP contribution in [0.25, 0.3) is 0 Å². The fourth-order valence-electron chi connectivity index (χ4n) is 4.66. The van der Waals surface area contributed by atoms with Gasteiger partial charge in [-0.1, -0.05) is 0 Å². The van der Waals surface area contributed by atoms with Crippen LogP contribution in [0.5, 0.6) is 0 Å². The zero-order valence-corrected chi connectivity index (χ0v) is 19.7. The van der Waals surface area contributed by atoms with E-state index in [0.29, 0.717) is 5.92 Å². The minimum atomic E-state index is -3.64.